The lowest BCUT2D eigenvalue weighted by atomic mass is 10.3. The molecule has 0 aromatic carbocycles. The van der Waals surface area contributed by atoms with Crippen LogP contribution in [0.4, 0.5) is 26.3 Å². The van der Waals surface area contributed by atoms with E-state index in [0.29, 0.717) is 0 Å². The summed E-state index contributed by atoms with van der Waals surface area (Å²) in [5.74, 6) is 0. The van der Waals surface area contributed by atoms with E-state index >= 15 is 0 Å². The van der Waals surface area contributed by atoms with Gasteiger partial charge in [-0.1, -0.05) is 0 Å². The Morgan fingerprint density at radius 2 is 1.06 bits per heavy atom. The maximum atomic E-state index is 11.0. The van der Waals surface area contributed by atoms with Gasteiger partial charge in [-0.2, -0.15) is 26.3 Å². The van der Waals surface area contributed by atoms with Crippen molar-refractivity contribution in [2.24, 2.45) is 0 Å². The quantitative estimate of drug-likeness (QED) is 0.745. The highest BCUT2D eigenvalue weighted by atomic mass is 19.4. The number of rotatable bonds is 3. The highest BCUT2D eigenvalue weighted by Crippen LogP contribution is 2.32. The molecule has 2 nitrogen and oxygen atoms in total. The Labute approximate surface area is 96.2 Å². The van der Waals surface area contributed by atoms with Gasteiger partial charge in [0.05, 0.1) is 19.6 Å². The third kappa shape index (κ3) is 9.22. The molecule has 17 heavy (non-hydrogen) atoms. The van der Waals surface area contributed by atoms with Gasteiger partial charge < -0.3 is 10.0 Å². The zero-order valence-corrected chi connectivity index (χ0v) is 9.91. The fraction of sp³-hybridized carbons (Fsp3) is 1.00. The number of alkyl halides is 6. The van der Waals surface area contributed by atoms with E-state index in [2.05, 4.69) is 20.8 Å². The summed E-state index contributed by atoms with van der Waals surface area (Å²) in [5.41, 5.74) is 0. The third-order valence-electron chi connectivity index (χ3n) is 2.12. The Morgan fingerprint density at radius 3 is 1.06 bits per heavy atom. The molecule has 0 aliphatic carbocycles. The Bertz CT molecular complexity index is 167. The molecule has 0 heterocycles. The summed E-state index contributed by atoms with van der Waals surface area (Å²) < 4.78 is 65.9. The molecular formula is C9H18F6NO+. The fourth-order valence-electron chi connectivity index (χ4n) is 0.936. The summed E-state index contributed by atoms with van der Waals surface area (Å²) in [7, 11) is 0. The fourth-order valence-corrected chi connectivity index (χ4v) is 0.936. The van der Waals surface area contributed by atoms with Gasteiger partial charge in [0.15, 0.2) is 0 Å². The molecule has 0 aromatic rings. The second-order valence-electron chi connectivity index (χ2n) is 3.30. The van der Waals surface area contributed by atoms with Crippen LogP contribution in [0.3, 0.4) is 0 Å². The summed E-state index contributed by atoms with van der Waals surface area (Å²) in [6, 6.07) is 0. The number of hydrogen-bond donors (Lipinski definition) is 2. The maximum Gasteiger partial charge on any atom is 0.423 e. The Kier molecular flexibility index (Phi) is 8.60. The van der Waals surface area contributed by atoms with Crippen LogP contribution < -0.4 is 4.90 Å². The van der Waals surface area contributed by atoms with Crippen molar-refractivity contribution >= 4 is 0 Å². The molecule has 0 unspecified atom stereocenters. The van der Waals surface area contributed by atoms with Gasteiger partial charge in [-0.05, 0) is 20.8 Å². The standard InChI is InChI=1S/C6H15N.C3H2F6O/c1-4-7(5-2)6-3;4-2(5,6)1(10)3(7,8)9/h4-6H2,1-3H3;1,10H/p+1. The van der Waals surface area contributed by atoms with E-state index in [0.717, 1.165) is 0 Å². The van der Waals surface area contributed by atoms with Gasteiger partial charge in [0.1, 0.15) is 0 Å². The third-order valence-corrected chi connectivity index (χ3v) is 2.12. The minimum Gasteiger partial charge on any atom is -0.377 e. The molecule has 0 atom stereocenters. The van der Waals surface area contributed by atoms with Crippen molar-refractivity contribution in [2.75, 3.05) is 19.6 Å². The van der Waals surface area contributed by atoms with Gasteiger partial charge in [0, 0.05) is 0 Å². The van der Waals surface area contributed by atoms with Crippen molar-refractivity contribution < 1.29 is 36.3 Å². The average Bonchev–Trinajstić information content (AvgIpc) is 2.17. The summed E-state index contributed by atoms with van der Waals surface area (Å²) in [5, 5.41) is 7.47. The second-order valence-corrected chi connectivity index (χ2v) is 3.30. The van der Waals surface area contributed by atoms with E-state index < -0.39 is 18.5 Å². The molecule has 0 rings (SSSR count). The summed E-state index contributed by atoms with van der Waals surface area (Å²) >= 11 is 0. The molecule has 0 amide bonds. The van der Waals surface area contributed by atoms with E-state index in [9.17, 15) is 26.3 Å². The number of hydrogen-bond acceptors (Lipinski definition) is 1. The van der Waals surface area contributed by atoms with Gasteiger partial charge >= 0.3 is 12.4 Å². The molecule has 0 aromatic heterocycles. The summed E-state index contributed by atoms with van der Waals surface area (Å²) in [4.78, 5) is 1.68. The topological polar surface area (TPSA) is 24.7 Å². The van der Waals surface area contributed by atoms with Crippen molar-refractivity contribution in [1.82, 2.24) is 0 Å². The Balaban J connectivity index is 0. The lowest BCUT2D eigenvalue weighted by Crippen LogP contribution is -3.11. The highest BCUT2D eigenvalue weighted by Gasteiger charge is 2.55. The summed E-state index contributed by atoms with van der Waals surface area (Å²) in [6.07, 6.45) is -15.5. The zero-order valence-electron chi connectivity index (χ0n) is 9.91. The number of halogens is 6. The first-order valence-electron chi connectivity index (χ1n) is 5.15. The largest absolute Gasteiger partial charge is 0.423 e. The molecule has 0 spiro atoms. The second kappa shape index (κ2) is 7.75. The summed E-state index contributed by atoms with van der Waals surface area (Å²) in [6.45, 7) is 10.5. The smallest absolute Gasteiger partial charge is 0.377 e. The predicted molar refractivity (Wildman–Crippen MR) is 50.7 cm³/mol. The lowest BCUT2D eigenvalue weighted by molar-refractivity contribution is -0.894. The van der Waals surface area contributed by atoms with Crippen LogP contribution in [0.25, 0.3) is 0 Å². The van der Waals surface area contributed by atoms with Crippen LogP contribution in [-0.2, 0) is 0 Å². The van der Waals surface area contributed by atoms with Gasteiger partial charge in [0.25, 0.3) is 0 Å². The minimum absolute atomic E-state index is 1.27. The molecule has 0 radical (unpaired) electrons. The van der Waals surface area contributed by atoms with Crippen molar-refractivity contribution in [1.29, 1.82) is 0 Å². The Hall–Kier alpha value is -0.500. The normalized spacial score (nSPS) is 12.7. The first-order valence-corrected chi connectivity index (χ1v) is 5.15. The van der Waals surface area contributed by atoms with Crippen LogP contribution >= 0.6 is 0 Å². The van der Waals surface area contributed by atoms with Crippen LogP contribution in [-0.4, -0.2) is 43.2 Å². The zero-order chi connectivity index (χ0) is 14.3. The molecule has 0 aliphatic rings. The first kappa shape index (κ1) is 18.9. The SMILES string of the molecule is CC[NH+](CC)CC.OC(C(F)(F)F)C(F)(F)F. The van der Waals surface area contributed by atoms with E-state index in [1.165, 1.54) is 19.6 Å². The molecular weight excluding hydrogens is 252 g/mol. The lowest BCUT2D eigenvalue weighted by Gasteiger charge is -2.16. The molecule has 2 N–H and O–H groups in total. The van der Waals surface area contributed by atoms with Gasteiger partial charge in [-0.15, -0.1) is 0 Å². The van der Waals surface area contributed by atoms with E-state index in [-0.39, 0.29) is 0 Å². The molecule has 0 saturated heterocycles. The van der Waals surface area contributed by atoms with Gasteiger partial charge in [-0.25, -0.2) is 0 Å². The maximum absolute atomic E-state index is 11.0. The molecule has 0 aliphatic heterocycles. The van der Waals surface area contributed by atoms with E-state index in [1.807, 2.05) is 0 Å². The van der Waals surface area contributed by atoms with Crippen LogP contribution in [0.5, 0.6) is 0 Å². The van der Waals surface area contributed by atoms with Gasteiger partial charge in [-0.3, -0.25) is 0 Å². The molecule has 0 saturated carbocycles. The number of aliphatic hydroxyl groups excluding tert-OH is 1. The van der Waals surface area contributed by atoms with Crippen molar-refractivity contribution in [2.45, 2.75) is 39.2 Å². The number of quaternary nitrogens is 1. The highest BCUT2D eigenvalue weighted by molar-refractivity contribution is 4.72. The van der Waals surface area contributed by atoms with E-state index in [1.54, 1.807) is 4.90 Å². The number of nitrogens with one attached hydrogen (secondary N) is 1. The predicted octanol–water partition coefficient (Wildman–Crippen LogP) is 1.40. The molecule has 8 heteroatoms. The Morgan fingerprint density at radius 1 is 0.824 bits per heavy atom. The van der Waals surface area contributed by atoms with Crippen molar-refractivity contribution in [3.05, 3.63) is 0 Å². The van der Waals surface area contributed by atoms with Crippen LogP contribution in [0, 0.1) is 0 Å². The van der Waals surface area contributed by atoms with Crippen molar-refractivity contribution in [3.8, 4) is 0 Å². The first-order chi connectivity index (χ1) is 7.50. The monoisotopic (exact) mass is 270 g/mol. The van der Waals surface area contributed by atoms with Crippen LogP contribution in [0.1, 0.15) is 20.8 Å². The van der Waals surface area contributed by atoms with E-state index in [4.69, 9.17) is 5.11 Å². The average molecular weight is 270 g/mol. The van der Waals surface area contributed by atoms with Crippen LogP contribution in [0.15, 0.2) is 0 Å². The molecule has 106 valence electrons. The number of aliphatic hydroxyl groups is 1. The van der Waals surface area contributed by atoms with Crippen LogP contribution in [0.2, 0.25) is 0 Å². The molecule has 0 bridgehead atoms. The minimum atomic E-state index is -5.63. The van der Waals surface area contributed by atoms with Crippen molar-refractivity contribution in [3.63, 3.8) is 0 Å². The molecule has 0 fully saturated rings. The van der Waals surface area contributed by atoms with Gasteiger partial charge in [0.2, 0.25) is 6.10 Å².